The van der Waals surface area contributed by atoms with E-state index in [1.54, 1.807) is 11.8 Å². The normalized spacial score (nSPS) is 17.5. The number of rotatable bonds is 8. The molecule has 0 bridgehead atoms. The van der Waals surface area contributed by atoms with Gasteiger partial charge >= 0.3 is 12.1 Å². The maximum absolute atomic E-state index is 13.5. The fourth-order valence-corrected chi connectivity index (χ4v) is 5.21. The Kier molecular flexibility index (Phi) is 7.93. The second-order valence-electron chi connectivity index (χ2n) is 9.79. The first-order valence-electron chi connectivity index (χ1n) is 12.9. The van der Waals surface area contributed by atoms with Crippen LogP contribution in [-0.2, 0) is 28.8 Å². The predicted molar refractivity (Wildman–Crippen MR) is 143 cm³/mol. The smallest absolute Gasteiger partial charge is 0.416 e. The van der Waals surface area contributed by atoms with E-state index < -0.39 is 23.8 Å². The molecule has 1 saturated heterocycles. The molecule has 0 spiro atoms. The van der Waals surface area contributed by atoms with Crippen LogP contribution in [0.2, 0.25) is 0 Å². The monoisotopic (exact) mass is 567 g/mol. The van der Waals surface area contributed by atoms with Crippen LogP contribution in [0.3, 0.4) is 0 Å². The summed E-state index contributed by atoms with van der Waals surface area (Å²) in [5.74, 6) is -0.289. The van der Waals surface area contributed by atoms with Crippen molar-refractivity contribution < 1.29 is 32.2 Å². The van der Waals surface area contributed by atoms with Crippen LogP contribution in [0.5, 0.6) is 5.75 Å². The Morgan fingerprint density at radius 3 is 2.63 bits per heavy atom. The molecular weight excluding hydrogens is 539 g/mol. The number of ether oxygens (including phenoxy) is 2. The summed E-state index contributed by atoms with van der Waals surface area (Å²) in [5.41, 5.74) is 0.509. The van der Waals surface area contributed by atoms with Crippen LogP contribution in [0.1, 0.15) is 39.6 Å². The summed E-state index contributed by atoms with van der Waals surface area (Å²) in [4.78, 5) is 27.4. The number of fused-ring (bicyclic) bond motifs is 1. The number of nitrogens with one attached hydrogen (secondary N) is 1. The van der Waals surface area contributed by atoms with Gasteiger partial charge in [0.05, 0.1) is 38.1 Å². The van der Waals surface area contributed by atoms with Gasteiger partial charge in [-0.05, 0) is 41.0 Å². The van der Waals surface area contributed by atoms with Crippen LogP contribution < -0.4 is 10.1 Å². The maximum atomic E-state index is 13.5. The number of hydrogen-bond donors (Lipinski definition) is 1. The number of methoxy groups -OCH3 is 2. The fraction of sp³-hybridized carbons (Fsp3) is 0.310. The maximum Gasteiger partial charge on any atom is 0.416 e. The van der Waals surface area contributed by atoms with Crippen molar-refractivity contribution in [3.05, 3.63) is 89.2 Å². The van der Waals surface area contributed by atoms with E-state index in [-0.39, 0.29) is 24.2 Å². The molecular formula is C29H28F3N5O4. The zero-order valence-corrected chi connectivity index (χ0v) is 22.4. The van der Waals surface area contributed by atoms with E-state index in [0.29, 0.717) is 30.8 Å². The first kappa shape index (κ1) is 28.1. The van der Waals surface area contributed by atoms with Crippen molar-refractivity contribution in [1.29, 1.82) is 0 Å². The standard InChI is InChI=1S/C29H28F3N5O4/c1-40-26-11-10-19-7-3-4-9-22(19)23(26)16-36-15-21(37-17-24(34-35-37)28(39)41-2)13-25(36)27(38)33-14-18-6-5-8-20(12-18)29(30,31)32/h3-12,17,21,25H,13-16H2,1-2H3,(H,33,38)/t21-,25-/m0/s1. The van der Waals surface area contributed by atoms with Gasteiger partial charge in [0, 0.05) is 25.2 Å². The molecule has 5 rings (SSSR count). The molecule has 4 aromatic rings. The van der Waals surface area contributed by atoms with Crippen LogP contribution in [0.15, 0.2) is 66.9 Å². The summed E-state index contributed by atoms with van der Waals surface area (Å²) in [6.07, 6.45) is -2.66. The second kappa shape index (κ2) is 11.6. The van der Waals surface area contributed by atoms with E-state index >= 15 is 0 Å². The third-order valence-corrected chi connectivity index (χ3v) is 7.26. The number of hydrogen-bond acceptors (Lipinski definition) is 7. The van der Waals surface area contributed by atoms with Gasteiger partial charge in [0.15, 0.2) is 5.69 Å². The highest BCUT2D eigenvalue weighted by Gasteiger charge is 2.39. The molecule has 0 aliphatic carbocycles. The van der Waals surface area contributed by atoms with E-state index in [1.807, 2.05) is 41.3 Å². The van der Waals surface area contributed by atoms with Crippen molar-refractivity contribution in [3.63, 3.8) is 0 Å². The van der Waals surface area contributed by atoms with Crippen molar-refractivity contribution in [2.24, 2.45) is 0 Å². The van der Waals surface area contributed by atoms with Gasteiger partial charge in [0.1, 0.15) is 5.75 Å². The number of amides is 1. The minimum atomic E-state index is -4.48. The molecule has 0 radical (unpaired) electrons. The van der Waals surface area contributed by atoms with E-state index in [9.17, 15) is 22.8 Å². The lowest BCUT2D eigenvalue weighted by Crippen LogP contribution is -2.42. The average Bonchev–Trinajstić information content (AvgIpc) is 3.63. The molecule has 3 aromatic carbocycles. The van der Waals surface area contributed by atoms with Crippen molar-refractivity contribution in [1.82, 2.24) is 25.2 Å². The molecule has 1 fully saturated rings. The quantitative estimate of drug-likeness (QED) is 0.316. The van der Waals surface area contributed by atoms with Crippen LogP contribution in [0.4, 0.5) is 13.2 Å². The third kappa shape index (κ3) is 6.02. The van der Waals surface area contributed by atoms with Gasteiger partial charge in [0.25, 0.3) is 0 Å². The number of carbonyl (C=O) groups is 2. The van der Waals surface area contributed by atoms with E-state index in [1.165, 1.54) is 25.4 Å². The largest absolute Gasteiger partial charge is 0.496 e. The van der Waals surface area contributed by atoms with Gasteiger partial charge in [-0.15, -0.1) is 5.10 Å². The Hall–Kier alpha value is -4.45. The molecule has 1 aliphatic rings. The van der Waals surface area contributed by atoms with Crippen LogP contribution >= 0.6 is 0 Å². The van der Waals surface area contributed by atoms with Crippen LogP contribution in [-0.4, -0.2) is 58.6 Å². The van der Waals surface area contributed by atoms with Crippen molar-refractivity contribution in [3.8, 4) is 5.75 Å². The topological polar surface area (TPSA) is 98.6 Å². The molecule has 9 nitrogen and oxygen atoms in total. The van der Waals surface area contributed by atoms with Gasteiger partial charge in [-0.2, -0.15) is 13.2 Å². The molecule has 41 heavy (non-hydrogen) atoms. The second-order valence-corrected chi connectivity index (χ2v) is 9.79. The summed E-state index contributed by atoms with van der Waals surface area (Å²) in [6, 6.07) is 15.6. The number of alkyl halides is 3. The summed E-state index contributed by atoms with van der Waals surface area (Å²) >= 11 is 0. The molecule has 1 amide bonds. The van der Waals surface area contributed by atoms with Crippen molar-refractivity contribution in [2.45, 2.75) is 37.8 Å². The molecule has 214 valence electrons. The van der Waals surface area contributed by atoms with Crippen LogP contribution in [0, 0.1) is 0 Å². The lowest BCUT2D eigenvalue weighted by molar-refractivity contribution is -0.137. The summed E-state index contributed by atoms with van der Waals surface area (Å²) in [7, 11) is 2.84. The molecule has 1 aliphatic heterocycles. The van der Waals surface area contributed by atoms with Gasteiger partial charge in [-0.3, -0.25) is 9.69 Å². The van der Waals surface area contributed by atoms with Gasteiger partial charge in [-0.1, -0.05) is 47.7 Å². The number of nitrogens with zero attached hydrogens (tertiary/aromatic N) is 4. The van der Waals surface area contributed by atoms with E-state index in [4.69, 9.17) is 9.47 Å². The van der Waals surface area contributed by atoms with E-state index in [0.717, 1.165) is 28.5 Å². The molecule has 1 aromatic heterocycles. The van der Waals surface area contributed by atoms with Crippen molar-refractivity contribution >= 4 is 22.6 Å². The number of likely N-dealkylation sites (tertiary alicyclic amines) is 1. The Morgan fingerprint density at radius 1 is 1.07 bits per heavy atom. The number of aromatic nitrogens is 3. The predicted octanol–water partition coefficient (Wildman–Crippen LogP) is 4.38. The number of halogens is 3. The van der Waals surface area contributed by atoms with E-state index in [2.05, 4.69) is 15.6 Å². The molecule has 12 heteroatoms. The first-order valence-corrected chi connectivity index (χ1v) is 12.9. The molecule has 1 N–H and O–H groups in total. The minimum Gasteiger partial charge on any atom is -0.496 e. The summed E-state index contributed by atoms with van der Waals surface area (Å²) < 4.78 is 51.5. The SMILES string of the molecule is COC(=O)c1cn([C@H]2C[C@@H](C(=O)NCc3cccc(C(F)(F)F)c3)N(Cc3c(OC)ccc4ccccc34)C2)nn1. The number of benzene rings is 3. The summed E-state index contributed by atoms with van der Waals surface area (Å²) in [5, 5.41) is 12.8. The fourth-order valence-electron chi connectivity index (χ4n) is 5.21. The van der Waals surface area contributed by atoms with Gasteiger partial charge in [-0.25, -0.2) is 9.48 Å². The van der Waals surface area contributed by atoms with Gasteiger partial charge < -0.3 is 14.8 Å². The Morgan fingerprint density at radius 2 is 1.88 bits per heavy atom. The Balaban J connectivity index is 1.42. The highest BCUT2D eigenvalue weighted by molar-refractivity contribution is 5.88. The molecule has 2 atom stereocenters. The minimum absolute atomic E-state index is 0.0484. The van der Waals surface area contributed by atoms with Crippen LogP contribution in [0.25, 0.3) is 10.8 Å². The molecule has 0 saturated carbocycles. The molecule has 2 heterocycles. The Labute approximate surface area is 233 Å². The first-order chi connectivity index (χ1) is 19.7. The lowest BCUT2D eigenvalue weighted by atomic mass is 10.0. The Bertz CT molecular complexity index is 1570. The number of carbonyl (C=O) groups excluding carboxylic acids is 2. The zero-order valence-electron chi connectivity index (χ0n) is 22.4. The number of esters is 1. The lowest BCUT2D eigenvalue weighted by Gasteiger charge is -2.25. The average molecular weight is 568 g/mol. The summed E-state index contributed by atoms with van der Waals surface area (Å²) in [6.45, 7) is 0.699. The highest BCUT2D eigenvalue weighted by atomic mass is 19.4. The van der Waals surface area contributed by atoms with Crippen molar-refractivity contribution in [2.75, 3.05) is 20.8 Å². The van der Waals surface area contributed by atoms with Gasteiger partial charge in [0.2, 0.25) is 5.91 Å². The third-order valence-electron chi connectivity index (χ3n) is 7.26. The molecule has 0 unspecified atom stereocenters. The highest BCUT2D eigenvalue weighted by Crippen LogP contribution is 2.34. The zero-order chi connectivity index (χ0) is 29.1.